The molecule has 2 amide bonds. The first-order valence-corrected chi connectivity index (χ1v) is 19.4. The van der Waals surface area contributed by atoms with Crippen LogP contribution in [0, 0.1) is 35.9 Å². The number of nitrogens with one attached hydrogen (secondary N) is 1. The van der Waals surface area contributed by atoms with E-state index >= 15 is 4.39 Å². The summed E-state index contributed by atoms with van der Waals surface area (Å²) in [5.74, 6) is -0.00120. The lowest BCUT2D eigenvalue weighted by Crippen LogP contribution is -2.41. The van der Waals surface area contributed by atoms with Crippen LogP contribution in [0.2, 0.25) is 10.0 Å². The van der Waals surface area contributed by atoms with Crippen LogP contribution in [0.1, 0.15) is 79.8 Å². The van der Waals surface area contributed by atoms with E-state index in [0.29, 0.717) is 70.3 Å². The van der Waals surface area contributed by atoms with Crippen molar-refractivity contribution in [1.82, 2.24) is 39.7 Å². The molecule has 6 heterocycles. The lowest BCUT2D eigenvalue weighted by Gasteiger charge is -2.39. The van der Waals surface area contributed by atoms with Crippen molar-refractivity contribution in [3.8, 4) is 17.2 Å². The Labute approximate surface area is 322 Å². The van der Waals surface area contributed by atoms with Crippen molar-refractivity contribution in [2.75, 3.05) is 20.1 Å². The zero-order chi connectivity index (χ0) is 37.6. The molecule has 1 N–H and O–H groups in total. The number of benzene rings is 2. The van der Waals surface area contributed by atoms with Crippen molar-refractivity contribution in [2.45, 2.75) is 83.1 Å². The van der Waals surface area contributed by atoms with Crippen molar-refractivity contribution in [3.05, 3.63) is 75.0 Å². The van der Waals surface area contributed by atoms with E-state index < -0.39 is 5.82 Å². The van der Waals surface area contributed by atoms with Crippen molar-refractivity contribution < 1.29 is 14.0 Å². The number of fused-ring (bicyclic) bond motifs is 4. The highest BCUT2D eigenvalue weighted by Crippen LogP contribution is 2.52. The molecule has 5 aliphatic rings. The molecular formula is C40H40Cl2FN9O2. The van der Waals surface area contributed by atoms with E-state index in [1.165, 1.54) is 6.92 Å². The van der Waals surface area contributed by atoms with Gasteiger partial charge in [0.25, 0.3) is 0 Å². The number of likely N-dealkylation sites (tertiary alicyclic amines) is 1. The normalized spacial score (nSPS) is 23.3. The second-order valence-electron chi connectivity index (χ2n) is 15.5. The maximum atomic E-state index is 17.2. The summed E-state index contributed by atoms with van der Waals surface area (Å²) in [6.45, 7) is 5.16. The summed E-state index contributed by atoms with van der Waals surface area (Å²) in [7, 11) is 1.73. The van der Waals surface area contributed by atoms with Gasteiger partial charge in [-0.15, -0.1) is 5.10 Å². The highest BCUT2D eigenvalue weighted by molar-refractivity contribution is 6.43. The van der Waals surface area contributed by atoms with Crippen LogP contribution in [0.25, 0.3) is 32.9 Å². The summed E-state index contributed by atoms with van der Waals surface area (Å²) in [6.07, 6.45) is 5.84. The third-order valence-corrected chi connectivity index (χ3v) is 12.9. The Bertz CT molecular complexity index is 2400. The van der Waals surface area contributed by atoms with Crippen molar-refractivity contribution >= 4 is 56.8 Å². The van der Waals surface area contributed by atoms with Crippen LogP contribution in [0.4, 0.5) is 4.39 Å². The third-order valence-electron chi connectivity index (χ3n) is 12.1. The number of hydrogen-bond donors (Lipinski definition) is 1. The molecule has 0 radical (unpaired) electrons. The Morgan fingerprint density at radius 3 is 2.69 bits per heavy atom. The number of aryl methyl sites for hydroxylation is 2. The molecular weight excluding hydrogens is 728 g/mol. The lowest BCUT2D eigenvalue weighted by molar-refractivity contribution is -0.133. The summed E-state index contributed by atoms with van der Waals surface area (Å²) in [5, 5.41) is 24.3. The number of nitrogens with zero attached hydrogens (tertiary/aromatic N) is 8. The molecule has 5 fully saturated rings. The Kier molecular flexibility index (Phi) is 8.67. The number of carbonyl (C=O) groups is 2. The van der Waals surface area contributed by atoms with Crippen molar-refractivity contribution in [1.29, 1.82) is 5.26 Å². The van der Waals surface area contributed by atoms with Crippen molar-refractivity contribution in [3.63, 3.8) is 0 Å². The average Bonchev–Trinajstić information content (AvgIpc) is 3.62. The smallest absolute Gasteiger partial charge is 0.226 e. The molecule has 5 aromatic rings. The number of nitriles is 1. The van der Waals surface area contributed by atoms with E-state index in [2.05, 4.69) is 32.3 Å². The van der Waals surface area contributed by atoms with Gasteiger partial charge in [-0.05, 0) is 68.7 Å². The molecule has 0 unspecified atom stereocenters. The average molecular weight is 769 g/mol. The highest BCUT2D eigenvalue weighted by atomic mass is 35.5. The van der Waals surface area contributed by atoms with Gasteiger partial charge in [-0.3, -0.25) is 9.59 Å². The number of hydrogen-bond acceptors (Lipinski definition) is 7. The van der Waals surface area contributed by atoms with E-state index in [-0.39, 0.29) is 58.9 Å². The minimum atomic E-state index is -0.498. The summed E-state index contributed by atoms with van der Waals surface area (Å²) >= 11 is 13.1. The molecule has 5 atom stereocenters. The second kappa shape index (κ2) is 13.3. The van der Waals surface area contributed by atoms with E-state index in [1.54, 1.807) is 30.1 Å². The standard InChI is InChI=1S/C40H40Cl2FN9O2/c1-20-28-15-33(32-14-26(19-50(32)40(54)22-9-10-22)51-18-25(47-48-51)17-49(3)21(2)53)52(38-24-13-31(38)45-16-24)39(28)29-12-23(6-5-11-44)34(36(43)37(29)46-20)27-7-4-8-30(41)35(27)42/h4,7-8,12,15,18,22,24,26,31-32,38,45H,5-6,9-10,13-14,16-17,19H2,1-3H3/t24-,26+,31-,32-,38+/m1/s1. The zero-order valence-corrected chi connectivity index (χ0v) is 31.8. The van der Waals surface area contributed by atoms with Gasteiger partial charge in [0.15, 0.2) is 5.82 Å². The maximum Gasteiger partial charge on any atom is 0.226 e. The van der Waals surface area contributed by atoms with Crippen LogP contribution < -0.4 is 5.32 Å². The Morgan fingerprint density at radius 2 is 1.98 bits per heavy atom. The molecule has 2 bridgehead atoms. The van der Waals surface area contributed by atoms with Crippen LogP contribution in [0.15, 0.2) is 36.5 Å². The molecule has 3 saturated heterocycles. The van der Waals surface area contributed by atoms with Gasteiger partial charge < -0.3 is 19.7 Å². The van der Waals surface area contributed by atoms with Crippen LogP contribution in [-0.4, -0.2) is 72.3 Å². The van der Waals surface area contributed by atoms with Crippen LogP contribution >= 0.6 is 23.2 Å². The summed E-state index contributed by atoms with van der Waals surface area (Å²) in [4.78, 5) is 34.6. The van der Waals surface area contributed by atoms with E-state index in [4.69, 9.17) is 28.2 Å². The molecule has 10 rings (SSSR count). The molecule has 3 aliphatic heterocycles. The Balaban J connectivity index is 1.23. The van der Waals surface area contributed by atoms with E-state index in [0.717, 1.165) is 42.4 Å². The molecule has 2 aliphatic carbocycles. The molecule has 14 heteroatoms. The molecule has 2 saturated carbocycles. The highest BCUT2D eigenvalue weighted by Gasteiger charge is 2.51. The number of rotatable bonds is 9. The van der Waals surface area contributed by atoms with Gasteiger partial charge >= 0.3 is 0 Å². The fourth-order valence-electron chi connectivity index (χ4n) is 9.11. The van der Waals surface area contributed by atoms with Crippen LogP contribution in [0.3, 0.4) is 0 Å². The number of amides is 2. The Hall–Kier alpha value is -4.57. The quantitative estimate of drug-likeness (QED) is 0.170. The van der Waals surface area contributed by atoms with Gasteiger partial charge in [0, 0.05) is 78.7 Å². The second-order valence-corrected chi connectivity index (χ2v) is 16.3. The largest absolute Gasteiger partial charge is 0.340 e. The predicted molar refractivity (Wildman–Crippen MR) is 203 cm³/mol. The first-order chi connectivity index (χ1) is 26.0. The number of carbonyl (C=O) groups excluding carboxylic acids is 2. The number of pyridine rings is 1. The van der Waals surface area contributed by atoms with Gasteiger partial charge in [-0.1, -0.05) is 40.5 Å². The summed E-state index contributed by atoms with van der Waals surface area (Å²) in [5.41, 5.74) is 4.95. The zero-order valence-electron chi connectivity index (χ0n) is 30.3. The van der Waals surface area contributed by atoms with Crippen molar-refractivity contribution in [2.24, 2.45) is 11.8 Å². The lowest BCUT2D eigenvalue weighted by atomic mass is 9.79. The minimum absolute atomic E-state index is 0.0129. The molecule has 54 heavy (non-hydrogen) atoms. The Morgan fingerprint density at radius 1 is 1.17 bits per heavy atom. The molecule has 0 spiro atoms. The fraction of sp³-hybridized carbons (Fsp3) is 0.450. The number of halogens is 3. The van der Waals surface area contributed by atoms with Gasteiger partial charge in [-0.25, -0.2) is 14.1 Å². The van der Waals surface area contributed by atoms with Gasteiger partial charge in [0.1, 0.15) is 11.2 Å². The maximum absolute atomic E-state index is 17.2. The van der Waals surface area contributed by atoms with Gasteiger partial charge in [-0.2, -0.15) is 5.26 Å². The molecule has 3 aromatic heterocycles. The predicted octanol–water partition coefficient (Wildman–Crippen LogP) is 7.09. The SMILES string of the molecule is CC(=O)N(C)Cc1cn([C@H]2C[C@H](c3cc4c(C)nc5c(F)c(-c6cccc(Cl)c6Cl)c(CCC#N)cc5c4n3[C@H]3[C@H]4CN[C@@H]3C4)N(C(=O)C3CC3)C2)nn1. The minimum Gasteiger partial charge on any atom is -0.340 e. The van der Waals surface area contributed by atoms with Gasteiger partial charge in [0.05, 0.1) is 52.5 Å². The van der Waals surface area contributed by atoms with Crippen LogP contribution in [0.5, 0.6) is 0 Å². The first kappa shape index (κ1) is 35.2. The third kappa shape index (κ3) is 5.66. The molecule has 11 nitrogen and oxygen atoms in total. The monoisotopic (exact) mass is 767 g/mol. The molecule has 278 valence electrons. The summed E-state index contributed by atoms with van der Waals surface area (Å²) < 4.78 is 21.5. The fourth-order valence-corrected chi connectivity index (χ4v) is 9.51. The summed E-state index contributed by atoms with van der Waals surface area (Å²) in [6, 6.07) is 11.5. The van der Waals surface area contributed by atoms with E-state index in [9.17, 15) is 14.9 Å². The number of aromatic nitrogens is 5. The van der Waals surface area contributed by atoms with Gasteiger partial charge in [0.2, 0.25) is 11.8 Å². The van der Waals surface area contributed by atoms with E-state index in [1.807, 2.05) is 28.8 Å². The first-order valence-electron chi connectivity index (χ1n) is 18.7. The molecule has 2 aromatic carbocycles. The topological polar surface area (TPSA) is 125 Å². The van der Waals surface area contributed by atoms with Crippen LogP contribution in [-0.2, 0) is 22.6 Å².